The van der Waals surface area contributed by atoms with Crippen molar-refractivity contribution in [3.05, 3.63) is 17.7 Å². The first kappa shape index (κ1) is 18.3. The standard InChI is InChI=1S/C19H30N2O4/c1-22-16-13-18(24-3)17(23-2)12-15(16)19(14-4-10-25-11-5-14)21-8-6-20-7-9-21/h12-14,19-20H,4-11H2,1-3H3/t19-/m0/s1. The summed E-state index contributed by atoms with van der Waals surface area (Å²) in [7, 11) is 5.06. The minimum Gasteiger partial charge on any atom is -0.496 e. The second-order valence-corrected chi connectivity index (χ2v) is 6.63. The first-order valence-corrected chi connectivity index (χ1v) is 9.11. The van der Waals surface area contributed by atoms with E-state index in [1.54, 1.807) is 21.3 Å². The highest BCUT2D eigenvalue weighted by atomic mass is 16.5. The van der Waals surface area contributed by atoms with E-state index in [2.05, 4.69) is 16.3 Å². The maximum absolute atomic E-state index is 5.74. The van der Waals surface area contributed by atoms with Crippen molar-refractivity contribution in [3.8, 4) is 17.2 Å². The predicted molar refractivity (Wildman–Crippen MR) is 96.8 cm³/mol. The van der Waals surface area contributed by atoms with Crippen LogP contribution in [-0.4, -0.2) is 65.6 Å². The molecule has 2 fully saturated rings. The maximum atomic E-state index is 5.74. The quantitative estimate of drug-likeness (QED) is 0.848. The smallest absolute Gasteiger partial charge is 0.164 e. The second kappa shape index (κ2) is 8.74. The van der Waals surface area contributed by atoms with Crippen LogP contribution in [0.1, 0.15) is 24.4 Å². The zero-order chi connectivity index (χ0) is 17.6. The van der Waals surface area contributed by atoms with E-state index in [0.29, 0.717) is 17.7 Å². The van der Waals surface area contributed by atoms with Crippen molar-refractivity contribution in [2.75, 3.05) is 60.7 Å². The van der Waals surface area contributed by atoms with Crippen LogP contribution in [0.4, 0.5) is 0 Å². The predicted octanol–water partition coefficient (Wildman–Crippen LogP) is 2.09. The second-order valence-electron chi connectivity index (χ2n) is 6.63. The molecule has 2 saturated heterocycles. The van der Waals surface area contributed by atoms with Crippen LogP contribution in [-0.2, 0) is 4.74 Å². The van der Waals surface area contributed by atoms with Crippen LogP contribution in [0.2, 0.25) is 0 Å². The third-order valence-corrected chi connectivity index (χ3v) is 5.31. The van der Waals surface area contributed by atoms with Gasteiger partial charge in [-0.2, -0.15) is 0 Å². The molecular formula is C19H30N2O4. The minimum atomic E-state index is 0.306. The van der Waals surface area contributed by atoms with Gasteiger partial charge in [-0.15, -0.1) is 0 Å². The van der Waals surface area contributed by atoms with Crippen LogP contribution in [0.5, 0.6) is 17.2 Å². The van der Waals surface area contributed by atoms with Crippen LogP contribution in [0.3, 0.4) is 0 Å². The van der Waals surface area contributed by atoms with Gasteiger partial charge >= 0.3 is 0 Å². The monoisotopic (exact) mass is 350 g/mol. The largest absolute Gasteiger partial charge is 0.496 e. The van der Waals surface area contributed by atoms with Crippen LogP contribution in [0.25, 0.3) is 0 Å². The molecule has 1 atom stereocenters. The Balaban J connectivity index is 2.01. The zero-order valence-corrected chi connectivity index (χ0v) is 15.5. The fourth-order valence-electron chi connectivity index (χ4n) is 4.02. The molecule has 0 radical (unpaired) electrons. The van der Waals surface area contributed by atoms with Gasteiger partial charge in [0.2, 0.25) is 0 Å². The first-order chi connectivity index (χ1) is 12.3. The molecule has 6 heteroatoms. The lowest BCUT2D eigenvalue weighted by atomic mass is 9.85. The number of methoxy groups -OCH3 is 3. The molecule has 3 rings (SSSR count). The molecule has 2 aliphatic heterocycles. The SMILES string of the molecule is COc1cc(OC)c([C@H](C2CCOCC2)N2CCNCC2)cc1OC. The van der Waals surface area contributed by atoms with Gasteiger partial charge in [-0.1, -0.05) is 0 Å². The molecule has 0 amide bonds. The highest BCUT2D eigenvalue weighted by molar-refractivity contribution is 5.52. The summed E-state index contributed by atoms with van der Waals surface area (Å²) in [4.78, 5) is 2.58. The van der Waals surface area contributed by atoms with Gasteiger partial charge in [0, 0.05) is 57.1 Å². The lowest BCUT2D eigenvalue weighted by Crippen LogP contribution is -2.47. The lowest BCUT2D eigenvalue weighted by molar-refractivity contribution is 0.0205. The number of hydrogen-bond donors (Lipinski definition) is 1. The van der Waals surface area contributed by atoms with Gasteiger partial charge in [0.05, 0.1) is 21.3 Å². The molecular weight excluding hydrogens is 320 g/mol. The molecule has 0 bridgehead atoms. The first-order valence-electron chi connectivity index (χ1n) is 9.11. The van der Waals surface area contributed by atoms with Crippen molar-refractivity contribution in [1.82, 2.24) is 10.2 Å². The van der Waals surface area contributed by atoms with Gasteiger partial charge in [-0.3, -0.25) is 4.90 Å². The average Bonchev–Trinajstić information content (AvgIpc) is 2.69. The van der Waals surface area contributed by atoms with Gasteiger partial charge in [0.15, 0.2) is 11.5 Å². The van der Waals surface area contributed by atoms with Gasteiger partial charge in [-0.05, 0) is 24.8 Å². The summed E-state index contributed by atoms with van der Waals surface area (Å²) < 4.78 is 22.4. The number of nitrogens with one attached hydrogen (secondary N) is 1. The number of ether oxygens (including phenoxy) is 4. The highest BCUT2D eigenvalue weighted by Gasteiger charge is 2.34. The van der Waals surface area contributed by atoms with E-state index in [1.807, 2.05) is 6.07 Å². The van der Waals surface area contributed by atoms with E-state index in [9.17, 15) is 0 Å². The minimum absolute atomic E-state index is 0.306. The topological polar surface area (TPSA) is 52.2 Å². The van der Waals surface area contributed by atoms with E-state index in [0.717, 1.165) is 63.7 Å². The van der Waals surface area contributed by atoms with Gasteiger partial charge in [0.1, 0.15) is 5.75 Å². The van der Waals surface area contributed by atoms with Gasteiger partial charge < -0.3 is 24.3 Å². The summed E-state index contributed by atoms with van der Waals surface area (Å²) in [6.45, 7) is 5.80. The van der Waals surface area contributed by atoms with Crippen LogP contribution in [0.15, 0.2) is 12.1 Å². The Hall–Kier alpha value is -1.50. The number of piperazine rings is 1. The van der Waals surface area contributed by atoms with E-state index >= 15 is 0 Å². The molecule has 2 heterocycles. The number of rotatable bonds is 6. The molecule has 0 aromatic heterocycles. The fourth-order valence-corrected chi connectivity index (χ4v) is 4.02. The Morgan fingerprint density at radius 3 is 2.16 bits per heavy atom. The molecule has 6 nitrogen and oxygen atoms in total. The third-order valence-electron chi connectivity index (χ3n) is 5.31. The van der Waals surface area contributed by atoms with Crippen molar-refractivity contribution >= 4 is 0 Å². The number of benzene rings is 1. The normalized spacial score (nSPS) is 20.9. The number of nitrogens with zero attached hydrogens (tertiary/aromatic N) is 1. The van der Waals surface area contributed by atoms with Crippen LogP contribution in [0, 0.1) is 5.92 Å². The Morgan fingerprint density at radius 1 is 0.960 bits per heavy atom. The van der Waals surface area contributed by atoms with E-state index in [4.69, 9.17) is 18.9 Å². The molecule has 1 aromatic carbocycles. The molecule has 25 heavy (non-hydrogen) atoms. The van der Waals surface area contributed by atoms with Gasteiger partial charge in [0.25, 0.3) is 0 Å². The Labute approximate surface area is 150 Å². The van der Waals surface area contributed by atoms with Gasteiger partial charge in [-0.25, -0.2) is 0 Å². The van der Waals surface area contributed by atoms with E-state index in [1.165, 1.54) is 5.56 Å². The van der Waals surface area contributed by atoms with Crippen molar-refractivity contribution in [2.45, 2.75) is 18.9 Å². The van der Waals surface area contributed by atoms with Crippen molar-refractivity contribution in [1.29, 1.82) is 0 Å². The van der Waals surface area contributed by atoms with E-state index in [-0.39, 0.29) is 0 Å². The third kappa shape index (κ3) is 4.02. The summed E-state index contributed by atoms with van der Waals surface area (Å²) >= 11 is 0. The molecule has 2 aliphatic rings. The summed E-state index contributed by atoms with van der Waals surface area (Å²) in [6.07, 6.45) is 2.15. The Bertz CT molecular complexity index is 537. The lowest BCUT2D eigenvalue weighted by Gasteiger charge is -2.41. The Morgan fingerprint density at radius 2 is 1.56 bits per heavy atom. The van der Waals surface area contributed by atoms with Crippen LogP contribution < -0.4 is 19.5 Å². The van der Waals surface area contributed by atoms with Crippen molar-refractivity contribution in [2.24, 2.45) is 5.92 Å². The molecule has 0 unspecified atom stereocenters. The number of hydrogen-bond acceptors (Lipinski definition) is 6. The Kier molecular flexibility index (Phi) is 6.39. The highest BCUT2D eigenvalue weighted by Crippen LogP contribution is 2.44. The average molecular weight is 350 g/mol. The molecule has 140 valence electrons. The van der Waals surface area contributed by atoms with Crippen molar-refractivity contribution in [3.63, 3.8) is 0 Å². The molecule has 0 saturated carbocycles. The maximum Gasteiger partial charge on any atom is 0.164 e. The summed E-state index contributed by atoms with van der Waals surface area (Å²) in [6, 6.07) is 4.35. The fraction of sp³-hybridized carbons (Fsp3) is 0.684. The van der Waals surface area contributed by atoms with Crippen LogP contribution >= 0.6 is 0 Å². The summed E-state index contributed by atoms with van der Waals surface area (Å²) in [5, 5.41) is 3.45. The molecule has 0 aliphatic carbocycles. The zero-order valence-electron chi connectivity index (χ0n) is 15.5. The summed E-state index contributed by atoms with van der Waals surface area (Å²) in [5.41, 5.74) is 1.19. The summed E-state index contributed by atoms with van der Waals surface area (Å²) in [5.74, 6) is 2.88. The van der Waals surface area contributed by atoms with E-state index < -0.39 is 0 Å². The molecule has 0 spiro atoms. The molecule has 1 N–H and O–H groups in total. The molecule has 1 aromatic rings. The van der Waals surface area contributed by atoms with Crippen molar-refractivity contribution < 1.29 is 18.9 Å².